The van der Waals surface area contributed by atoms with Crippen LogP contribution in [0.5, 0.6) is 5.75 Å². The van der Waals surface area contributed by atoms with Crippen LogP contribution in [-0.2, 0) is 9.59 Å². The highest BCUT2D eigenvalue weighted by atomic mass is 16.6. The highest BCUT2D eigenvalue weighted by Gasteiger charge is 2.67. The number of aliphatic hydroxyl groups is 4. The van der Waals surface area contributed by atoms with E-state index in [1.165, 1.54) is 32.0 Å². The monoisotopic (exact) mass is 489 g/mol. The fraction of sp³-hybridized carbons (Fsp3) is 0.409. The molecular formula is C22H23N3O10. The lowest BCUT2D eigenvalue weighted by Crippen LogP contribution is -2.68. The van der Waals surface area contributed by atoms with Crippen LogP contribution in [0.2, 0.25) is 0 Å². The predicted octanol–water partition coefficient (Wildman–Crippen LogP) is -0.439. The van der Waals surface area contributed by atoms with Crippen molar-refractivity contribution in [1.82, 2.24) is 4.90 Å². The quantitative estimate of drug-likeness (QED) is 0.181. The summed E-state index contributed by atoms with van der Waals surface area (Å²) in [6, 6.07) is 0.876. The summed E-state index contributed by atoms with van der Waals surface area (Å²) in [5.41, 5.74) is -0.580. The van der Waals surface area contributed by atoms with E-state index in [0.717, 1.165) is 6.07 Å². The van der Waals surface area contributed by atoms with Crippen LogP contribution < -0.4 is 5.73 Å². The second-order valence-electron chi connectivity index (χ2n) is 9.21. The molecule has 0 radical (unpaired) electrons. The number of phenolic OH excluding ortho intramolecular Hbond substituents is 1. The Hall–Kier alpha value is -3.81. The molecule has 0 aromatic heterocycles. The summed E-state index contributed by atoms with van der Waals surface area (Å²) in [5.74, 6) is -10.7. The third-order valence-corrected chi connectivity index (χ3v) is 7.31. The minimum atomic E-state index is -3.04. The van der Waals surface area contributed by atoms with Crippen molar-refractivity contribution < 1.29 is 44.8 Å². The van der Waals surface area contributed by atoms with Gasteiger partial charge in [0, 0.05) is 17.6 Å². The van der Waals surface area contributed by atoms with Gasteiger partial charge in [-0.15, -0.1) is 0 Å². The van der Waals surface area contributed by atoms with E-state index >= 15 is 0 Å². The first-order valence-corrected chi connectivity index (χ1v) is 10.5. The Morgan fingerprint density at radius 3 is 2.31 bits per heavy atom. The zero-order chi connectivity index (χ0) is 26.3. The van der Waals surface area contributed by atoms with Crippen molar-refractivity contribution >= 4 is 23.2 Å². The summed E-state index contributed by atoms with van der Waals surface area (Å²) < 4.78 is 0. The molecule has 0 saturated heterocycles. The number of hydrogen-bond acceptors (Lipinski definition) is 11. The van der Waals surface area contributed by atoms with E-state index < -0.39 is 97.6 Å². The van der Waals surface area contributed by atoms with Crippen LogP contribution >= 0.6 is 0 Å². The van der Waals surface area contributed by atoms with Crippen molar-refractivity contribution in [2.75, 3.05) is 14.1 Å². The number of hydrogen-bond donors (Lipinski definition) is 6. The lowest BCUT2D eigenvalue weighted by atomic mass is 9.55. The zero-order valence-electron chi connectivity index (χ0n) is 18.8. The molecule has 13 nitrogen and oxygen atoms in total. The maximum Gasteiger partial charge on any atom is 0.311 e. The molecule has 0 spiro atoms. The number of ketones is 2. The van der Waals surface area contributed by atoms with E-state index in [0.29, 0.717) is 0 Å². The van der Waals surface area contributed by atoms with Crippen molar-refractivity contribution in [3.05, 3.63) is 56.0 Å². The molecule has 35 heavy (non-hydrogen) atoms. The number of aromatic hydroxyl groups is 1. The largest absolute Gasteiger partial charge is 0.510 e. The molecule has 4 rings (SSSR count). The highest BCUT2D eigenvalue weighted by molar-refractivity contribution is 6.25. The zero-order valence-corrected chi connectivity index (χ0v) is 18.8. The minimum Gasteiger partial charge on any atom is -0.510 e. The fourth-order valence-corrected chi connectivity index (χ4v) is 5.76. The summed E-state index contributed by atoms with van der Waals surface area (Å²) in [6.45, 7) is 1.53. The molecule has 0 saturated carbocycles. The molecular weight excluding hydrogens is 466 g/mol. The lowest BCUT2D eigenvalue weighted by molar-refractivity contribution is -0.385. The van der Waals surface area contributed by atoms with E-state index in [9.17, 15) is 50.0 Å². The van der Waals surface area contributed by atoms with Crippen LogP contribution in [0.15, 0.2) is 34.8 Å². The number of rotatable bonds is 3. The number of amides is 1. The molecule has 0 aliphatic heterocycles. The van der Waals surface area contributed by atoms with Crippen molar-refractivity contribution in [3.8, 4) is 5.75 Å². The van der Waals surface area contributed by atoms with Crippen molar-refractivity contribution in [1.29, 1.82) is 0 Å². The van der Waals surface area contributed by atoms with E-state index in [4.69, 9.17) is 5.73 Å². The van der Waals surface area contributed by atoms with E-state index in [-0.39, 0.29) is 5.56 Å². The SMILES string of the molecule is CC1c2ccc([N+](=O)[O-])c(O)c2C(=O)C2=C(O)C3(O)C(=O)C(C(N)=O)=C(O)C(N(C)C)C3C(O)C21. The third kappa shape index (κ3) is 2.89. The molecule has 0 heterocycles. The first-order valence-electron chi connectivity index (χ1n) is 10.5. The van der Waals surface area contributed by atoms with Crippen LogP contribution in [0.4, 0.5) is 5.69 Å². The minimum absolute atomic E-state index is 0.144. The van der Waals surface area contributed by atoms with Gasteiger partial charge in [-0.3, -0.25) is 29.4 Å². The van der Waals surface area contributed by atoms with Crippen molar-refractivity contribution in [2.45, 2.75) is 30.6 Å². The Morgan fingerprint density at radius 1 is 1.20 bits per heavy atom. The molecule has 1 aromatic rings. The van der Waals surface area contributed by atoms with Gasteiger partial charge in [0.25, 0.3) is 5.91 Å². The number of benzene rings is 1. The summed E-state index contributed by atoms with van der Waals surface area (Å²) in [4.78, 5) is 50.4. The molecule has 0 bridgehead atoms. The Kier molecular flexibility index (Phi) is 5.28. The molecule has 3 aliphatic rings. The van der Waals surface area contributed by atoms with Gasteiger partial charge in [0.1, 0.15) is 17.1 Å². The number of carbonyl (C=O) groups is 3. The van der Waals surface area contributed by atoms with Crippen LogP contribution in [0.1, 0.15) is 28.8 Å². The molecule has 6 unspecified atom stereocenters. The van der Waals surface area contributed by atoms with Crippen LogP contribution in [0.25, 0.3) is 0 Å². The number of nitrogens with two attached hydrogens (primary N) is 1. The maximum atomic E-state index is 13.5. The number of fused-ring (bicyclic) bond motifs is 3. The van der Waals surface area contributed by atoms with Gasteiger partial charge in [0.05, 0.1) is 28.6 Å². The van der Waals surface area contributed by atoms with Gasteiger partial charge in [0.15, 0.2) is 11.4 Å². The molecule has 3 aliphatic carbocycles. The standard InChI is InChI=1S/C22H23N3O10/c1-6-7-4-5-8(25(34)35)15(26)10(7)16(27)11-9(6)17(28)13-14(24(2)3)18(29)12(21(23)32)20(31)22(13,33)19(11)30/h4-6,9,13-14,17,26,28-30,33H,1-3H3,(H2,23,32). The van der Waals surface area contributed by atoms with Gasteiger partial charge in [-0.05, 0) is 25.6 Å². The van der Waals surface area contributed by atoms with Crippen LogP contribution in [-0.4, -0.2) is 84.7 Å². The number of carbonyl (C=O) groups excluding carboxylic acids is 3. The highest BCUT2D eigenvalue weighted by Crippen LogP contribution is 2.56. The second-order valence-corrected chi connectivity index (χ2v) is 9.21. The number of aliphatic hydroxyl groups excluding tert-OH is 3. The summed E-state index contributed by atoms with van der Waals surface area (Å²) >= 11 is 0. The average Bonchev–Trinajstić information content (AvgIpc) is 2.75. The molecule has 13 heteroatoms. The number of phenols is 1. The Morgan fingerprint density at radius 2 is 1.80 bits per heavy atom. The van der Waals surface area contributed by atoms with Gasteiger partial charge in [-0.1, -0.05) is 13.0 Å². The van der Waals surface area contributed by atoms with E-state index in [1.54, 1.807) is 0 Å². The van der Waals surface area contributed by atoms with E-state index in [1.807, 2.05) is 0 Å². The number of likely N-dealkylation sites (N-methyl/N-ethyl adjacent to an activating group) is 1. The Balaban J connectivity index is 2.06. The first kappa shape index (κ1) is 24.3. The summed E-state index contributed by atoms with van der Waals surface area (Å²) in [5, 5.41) is 66.7. The Labute approximate surface area is 197 Å². The number of nitrogens with zero attached hydrogens (tertiary/aromatic N) is 2. The van der Waals surface area contributed by atoms with Crippen LogP contribution in [0, 0.1) is 22.0 Å². The molecule has 1 amide bonds. The van der Waals surface area contributed by atoms with E-state index in [2.05, 4.69) is 0 Å². The fourth-order valence-electron chi connectivity index (χ4n) is 5.76. The average molecular weight is 489 g/mol. The van der Waals surface area contributed by atoms with Gasteiger partial charge < -0.3 is 31.3 Å². The summed E-state index contributed by atoms with van der Waals surface area (Å²) in [6.07, 6.45) is -1.73. The number of nitro groups is 1. The Bertz CT molecular complexity index is 1280. The van der Waals surface area contributed by atoms with Crippen molar-refractivity contribution in [2.24, 2.45) is 17.6 Å². The predicted molar refractivity (Wildman–Crippen MR) is 116 cm³/mol. The number of nitro benzene ring substituents is 1. The van der Waals surface area contributed by atoms with Crippen molar-refractivity contribution in [3.63, 3.8) is 0 Å². The third-order valence-electron chi connectivity index (χ3n) is 7.31. The maximum absolute atomic E-state index is 13.5. The smallest absolute Gasteiger partial charge is 0.311 e. The molecule has 6 atom stereocenters. The first-order chi connectivity index (χ1) is 16.2. The molecule has 1 aromatic carbocycles. The van der Waals surface area contributed by atoms with Gasteiger partial charge in [-0.25, -0.2) is 0 Å². The number of Topliss-reactive ketones (excluding diaryl/α,β-unsaturated/α-hetero) is 2. The second kappa shape index (κ2) is 7.60. The normalized spacial score (nSPS) is 32.3. The molecule has 7 N–H and O–H groups in total. The number of primary amides is 1. The summed E-state index contributed by atoms with van der Waals surface area (Å²) in [7, 11) is 2.86. The van der Waals surface area contributed by atoms with Crippen LogP contribution in [0.3, 0.4) is 0 Å². The van der Waals surface area contributed by atoms with Gasteiger partial charge in [-0.2, -0.15) is 0 Å². The van der Waals surface area contributed by atoms with Gasteiger partial charge >= 0.3 is 5.69 Å². The molecule has 186 valence electrons. The molecule has 0 fully saturated rings. The van der Waals surface area contributed by atoms with Gasteiger partial charge in [0.2, 0.25) is 11.5 Å². The lowest BCUT2D eigenvalue weighted by Gasteiger charge is -2.53. The topological polar surface area (TPSA) is 225 Å².